The molecule has 0 spiro atoms. The second kappa shape index (κ2) is 9.07. The van der Waals surface area contributed by atoms with Gasteiger partial charge < -0.3 is 4.74 Å². The predicted molar refractivity (Wildman–Crippen MR) is 134 cm³/mol. The Kier molecular flexibility index (Phi) is 5.95. The van der Waals surface area contributed by atoms with E-state index in [-0.39, 0.29) is 5.56 Å². The molecule has 0 amide bonds. The molecule has 0 N–H and O–H groups in total. The van der Waals surface area contributed by atoms with Gasteiger partial charge in [-0.15, -0.1) is 22.7 Å². The molecule has 0 radical (unpaired) electrons. The second-order valence-electron chi connectivity index (χ2n) is 8.80. The van der Waals surface area contributed by atoms with Crippen LogP contribution in [0, 0.1) is 5.92 Å². The van der Waals surface area contributed by atoms with Gasteiger partial charge in [0.25, 0.3) is 5.56 Å². The molecular weight excluding hydrogens is 474 g/mol. The van der Waals surface area contributed by atoms with Gasteiger partial charge in [-0.05, 0) is 30.7 Å². The Bertz CT molecular complexity index is 1370. The lowest BCUT2D eigenvalue weighted by atomic mass is 9.89. The maximum absolute atomic E-state index is 12.4. The first-order valence-electron chi connectivity index (χ1n) is 11.3. The molecule has 7 nitrogen and oxygen atoms in total. The minimum atomic E-state index is -0.0282. The van der Waals surface area contributed by atoms with Crippen LogP contribution in [0.2, 0.25) is 0 Å². The molecule has 0 saturated carbocycles. The summed E-state index contributed by atoms with van der Waals surface area (Å²) < 4.78 is 7.10. The third-order valence-electron chi connectivity index (χ3n) is 6.35. The van der Waals surface area contributed by atoms with Crippen LogP contribution >= 0.6 is 34.4 Å². The van der Waals surface area contributed by atoms with Gasteiger partial charge in [0.15, 0.2) is 4.96 Å². The van der Waals surface area contributed by atoms with E-state index >= 15 is 0 Å². The first-order valence-corrected chi connectivity index (χ1v) is 14.0. The average molecular weight is 500 g/mol. The number of hydrogen-bond acceptors (Lipinski definition) is 9. The number of thiophene rings is 1. The number of nitrogens with zero attached hydrogens (tertiary/aromatic N) is 5. The van der Waals surface area contributed by atoms with Crippen LogP contribution in [0.4, 0.5) is 0 Å². The summed E-state index contributed by atoms with van der Waals surface area (Å²) in [6.07, 6.45) is 5.21. The van der Waals surface area contributed by atoms with Crippen LogP contribution in [0.25, 0.3) is 15.2 Å². The highest BCUT2D eigenvalue weighted by molar-refractivity contribution is 7.98. The first-order chi connectivity index (χ1) is 16.1. The third-order valence-corrected chi connectivity index (χ3v) is 9.26. The zero-order chi connectivity index (χ0) is 22.4. The highest BCUT2D eigenvalue weighted by Crippen LogP contribution is 2.41. The maximum Gasteiger partial charge on any atom is 0.258 e. The fourth-order valence-electron chi connectivity index (χ4n) is 4.59. The first kappa shape index (κ1) is 21.7. The standard InChI is InChI=1S/C23H25N5O2S3/c1-14-2-3-16-17(10-14)33-22-20(16)21(25-18(26-22)12-27-4-7-30-8-5-27)32-13-15-11-19(29)28-6-9-31-23(28)24-15/h6,9,11,14H,2-5,7-8,10,12-13H2,1H3/t14-/m1/s1. The van der Waals surface area contributed by atoms with E-state index in [0.29, 0.717) is 5.75 Å². The monoisotopic (exact) mass is 499 g/mol. The lowest BCUT2D eigenvalue weighted by molar-refractivity contribution is 0.0330. The van der Waals surface area contributed by atoms with Crippen LogP contribution in [0.1, 0.15) is 35.3 Å². The fraction of sp³-hybridized carbons (Fsp3) is 0.478. The number of thioether (sulfide) groups is 1. The lowest BCUT2D eigenvalue weighted by Crippen LogP contribution is -2.36. The Morgan fingerprint density at radius 3 is 3.00 bits per heavy atom. The Morgan fingerprint density at radius 1 is 1.24 bits per heavy atom. The van der Waals surface area contributed by atoms with Gasteiger partial charge in [0.2, 0.25) is 0 Å². The van der Waals surface area contributed by atoms with Gasteiger partial charge in [0, 0.05) is 46.7 Å². The van der Waals surface area contributed by atoms with Gasteiger partial charge in [0.1, 0.15) is 15.7 Å². The molecule has 5 heterocycles. The van der Waals surface area contributed by atoms with Crippen molar-refractivity contribution in [1.29, 1.82) is 0 Å². The van der Waals surface area contributed by atoms with Crippen LogP contribution in [0.15, 0.2) is 27.5 Å². The normalized spacial score (nSPS) is 19.4. The van der Waals surface area contributed by atoms with Crippen molar-refractivity contribution in [2.45, 2.75) is 43.5 Å². The van der Waals surface area contributed by atoms with Crippen molar-refractivity contribution in [3.63, 3.8) is 0 Å². The van der Waals surface area contributed by atoms with E-state index in [1.54, 1.807) is 28.4 Å². The number of ether oxygens (including phenoxy) is 1. The number of thiazole rings is 1. The molecule has 1 fully saturated rings. The Balaban J connectivity index is 1.36. The molecule has 1 saturated heterocycles. The van der Waals surface area contributed by atoms with Crippen LogP contribution in [-0.2, 0) is 29.9 Å². The smallest absolute Gasteiger partial charge is 0.258 e. The number of hydrogen-bond donors (Lipinski definition) is 0. The predicted octanol–water partition coefficient (Wildman–Crippen LogP) is 4.01. The second-order valence-corrected chi connectivity index (χ2v) is 11.7. The molecule has 6 rings (SSSR count). The van der Waals surface area contributed by atoms with Crippen molar-refractivity contribution in [2.75, 3.05) is 26.3 Å². The van der Waals surface area contributed by atoms with Gasteiger partial charge in [0.05, 0.1) is 25.5 Å². The van der Waals surface area contributed by atoms with Crippen molar-refractivity contribution < 1.29 is 4.74 Å². The molecule has 2 aliphatic rings. The molecule has 33 heavy (non-hydrogen) atoms. The molecule has 0 unspecified atom stereocenters. The minimum absolute atomic E-state index is 0.0282. The third kappa shape index (κ3) is 4.35. The molecule has 0 aromatic carbocycles. The molecule has 4 aromatic rings. The summed E-state index contributed by atoms with van der Waals surface area (Å²) in [6, 6.07) is 1.64. The van der Waals surface area contributed by atoms with E-state index in [9.17, 15) is 4.79 Å². The summed E-state index contributed by atoms with van der Waals surface area (Å²) in [6.45, 7) is 6.44. The molecule has 10 heteroatoms. The quantitative estimate of drug-likeness (QED) is 0.303. The number of fused-ring (bicyclic) bond motifs is 4. The van der Waals surface area contributed by atoms with E-state index in [2.05, 4.69) is 11.8 Å². The van der Waals surface area contributed by atoms with Crippen molar-refractivity contribution in [2.24, 2.45) is 5.92 Å². The van der Waals surface area contributed by atoms with E-state index in [1.165, 1.54) is 33.6 Å². The fourth-order valence-corrected chi connectivity index (χ4v) is 7.76. The lowest BCUT2D eigenvalue weighted by Gasteiger charge is -2.25. The zero-order valence-electron chi connectivity index (χ0n) is 18.5. The molecule has 1 aliphatic carbocycles. The van der Waals surface area contributed by atoms with E-state index in [1.807, 2.05) is 16.7 Å². The van der Waals surface area contributed by atoms with Crippen molar-refractivity contribution in [1.82, 2.24) is 24.3 Å². The molecule has 4 aromatic heterocycles. The highest BCUT2D eigenvalue weighted by atomic mass is 32.2. The Morgan fingerprint density at radius 2 is 2.12 bits per heavy atom. The van der Waals surface area contributed by atoms with E-state index in [0.717, 1.165) is 77.9 Å². The van der Waals surface area contributed by atoms with Crippen molar-refractivity contribution in [3.05, 3.63) is 50.0 Å². The van der Waals surface area contributed by atoms with Crippen LogP contribution in [0.5, 0.6) is 0 Å². The van der Waals surface area contributed by atoms with Gasteiger partial charge >= 0.3 is 0 Å². The topological polar surface area (TPSA) is 72.6 Å². The van der Waals surface area contributed by atoms with Crippen molar-refractivity contribution in [3.8, 4) is 0 Å². The molecule has 172 valence electrons. The Hall–Kier alpha value is -1.85. The van der Waals surface area contributed by atoms with Crippen LogP contribution in [-0.4, -0.2) is 50.6 Å². The van der Waals surface area contributed by atoms with Gasteiger partial charge in [-0.3, -0.25) is 14.1 Å². The minimum Gasteiger partial charge on any atom is -0.379 e. The van der Waals surface area contributed by atoms with Gasteiger partial charge in [-0.25, -0.2) is 15.0 Å². The molecular formula is C23H25N5O2S3. The van der Waals surface area contributed by atoms with Crippen molar-refractivity contribution >= 4 is 49.6 Å². The van der Waals surface area contributed by atoms with Crippen LogP contribution < -0.4 is 5.56 Å². The summed E-state index contributed by atoms with van der Waals surface area (Å²) in [5, 5.41) is 4.15. The number of rotatable bonds is 5. The number of aromatic nitrogens is 4. The van der Waals surface area contributed by atoms with E-state index < -0.39 is 0 Å². The van der Waals surface area contributed by atoms with Gasteiger partial charge in [-0.2, -0.15) is 0 Å². The van der Waals surface area contributed by atoms with Crippen LogP contribution in [0.3, 0.4) is 0 Å². The summed E-state index contributed by atoms with van der Waals surface area (Å²) in [5.74, 6) is 2.21. The summed E-state index contributed by atoms with van der Waals surface area (Å²) in [4.78, 5) is 32.9. The zero-order valence-corrected chi connectivity index (χ0v) is 20.9. The molecule has 1 aliphatic heterocycles. The summed E-state index contributed by atoms with van der Waals surface area (Å²) in [7, 11) is 0. The number of aryl methyl sites for hydroxylation is 1. The largest absolute Gasteiger partial charge is 0.379 e. The summed E-state index contributed by atoms with van der Waals surface area (Å²) >= 11 is 5.01. The summed E-state index contributed by atoms with van der Waals surface area (Å²) in [5.41, 5.74) is 2.21. The molecule has 0 bridgehead atoms. The average Bonchev–Trinajstić information content (AvgIpc) is 3.42. The van der Waals surface area contributed by atoms with Gasteiger partial charge in [-0.1, -0.05) is 18.7 Å². The van der Waals surface area contributed by atoms with E-state index in [4.69, 9.17) is 19.7 Å². The molecule has 1 atom stereocenters. The SMILES string of the molecule is C[C@@H]1CCc2c(sc3nc(CN4CCOCC4)nc(SCc4cc(=O)n5ccsc5n4)c23)C1. The number of morpholine rings is 1. The highest BCUT2D eigenvalue weighted by Gasteiger charge is 2.25. The maximum atomic E-state index is 12.4. The Labute approximate surface area is 203 Å².